The zero-order chi connectivity index (χ0) is 19.0. The van der Waals surface area contributed by atoms with Gasteiger partial charge < -0.3 is 5.32 Å². The fraction of sp³-hybridized carbons (Fsp3) is 0.0714. The maximum absolute atomic E-state index is 12.6. The minimum Gasteiger partial charge on any atom is -0.321 e. The van der Waals surface area contributed by atoms with Crippen LogP contribution in [0.15, 0.2) is 41.3 Å². The first-order valence-electron chi connectivity index (χ1n) is 6.31. The van der Waals surface area contributed by atoms with Crippen molar-refractivity contribution in [2.24, 2.45) is 0 Å². The van der Waals surface area contributed by atoms with Gasteiger partial charge in [0.1, 0.15) is 0 Å². The molecule has 0 aliphatic carbocycles. The SMILES string of the molecule is O=C(Nc1cc(S(=O)(=O)C(F)(F)F)ccc1Cl)c1ccc(Cl)cc1Cl. The molecule has 0 spiro atoms. The van der Waals surface area contributed by atoms with Crippen LogP contribution < -0.4 is 5.32 Å². The summed E-state index contributed by atoms with van der Waals surface area (Å²) >= 11 is 17.4. The lowest BCUT2D eigenvalue weighted by Gasteiger charge is -2.12. The number of nitrogens with one attached hydrogen (secondary N) is 1. The molecule has 2 rings (SSSR count). The number of carbonyl (C=O) groups excluding carboxylic acids is 1. The number of halogens is 6. The number of benzene rings is 2. The summed E-state index contributed by atoms with van der Waals surface area (Å²) in [5.74, 6) is -0.801. The molecule has 0 saturated heterocycles. The number of hydrogen-bond acceptors (Lipinski definition) is 3. The number of rotatable bonds is 3. The van der Waals surface area contributed by atoms with Crippen LogP contribution in [-0.4, -0.2) is 19.8 Å². The Balaban J connectivity index is 2.40. The summed E-state index contributed by atoms with van der Waals surface area (Å²) in [6.45, 7) is 0. The number of alkyl halides is 3. The molecule has 2 aromatic rings. The van der Waals surface area contributed by atoms with E-state index in [1.54, 1.807) is 0 Å². The number of amides is 1. The van der Waals surface area contributed by atoms with Crippen molar-refractivity contribution in [2.75, 3.05) is 5.32 Å². The van der Waals surface area contributed by atoms with Crippen molar-refractivity contribution >= 4 is 56.2 Å². The molecule has 0 aliphatic rings. The third-order valence-electron chi connectivity index (χ3n) is 2.98. The minimum atomic E-state index is -5.58. The molecule has 0 aliphatic heterocycles. The van der Waals surface area contributed by atoms with Gasteiger partial charge in [0.25, 0.3) is 15.7 Å². The molecule has 0 unspecified atom stereocenters. The third-order valence-corrected chi connectivity index (χ3v) is 5.34. The fourth-order valence-corrected chi connectivity index (χ4v) is 3.21. The Morgan fingerprint density at radius 3 is 2.16 bits per heavy atom. The Hall–Kier alpha value is -1.48. The molecule has 0 atom stereocenters. The zero-order valence-electron chi connectivity index (χ0n) is 11.9. The average Bonchev–Trinajstić information content (AvgIpc) is 2.47. The molecule has 2 aromatic carbocycles. The van der Waals surface area contributed by atoms with E-state index in [1.165, 1.54) is 18.2 Å². The second kappa shape index (κ2) is 7.03. The predicted molar refractivity (Wildman–Crippen MR) is 89.1 cm³/mol. The molecule has 134 valence electrons. The molecule has 25 heavy (non-hydrogen) atoms. The first kappa shape index (κ1) is 19.8. The summed E-state index contributed by atoms with van der Waals surface area (Å²) < 4.78 is 60.8. The van der Waals surface area contributed by atoms with Crippen LogP contribution in [0, 0.1) is 0 Å². The average molecular weight is 433 g/mol. The second-order valence-electron chi connectivity index (χ2n) is 4.67. The normalized spacial score (nSPS) is 12.1. The van der Waals surface area contributed by atoms with Gasteiger partial charge in [0.15, 0.2) is 0 Å². The van der Waals surface area contributed by atoms with Crippen molar-refractivity contribution in [1.29, 1.82) is 0 Å². The van der Waals surface area contributed by atoms with Crippen LogP contribution in [0.5, 0.6) is 0 Å². The minimum absolute atomic E-state index is 0.000176. The van der Waals surface area contributed by atoms with Gasteiger partial charge in [0, 0.05) is 5.02 Å². The molecule has 1 N–H and O–H groups in total. The van der Waals surface area contributed by atoms with E-state index in [4.69, 9.17) is 34.8 Å². The summed E-state index contributed by atoms with van der Waals surface area (Å²) in [5.41, 5.74) is -5.82. The Morgan fingerprint density at radius 1 is 0.960 bits per heavy atom. The predicted octanol–water partition coefficient (Wildman–Crippen LogP) is 5.19. The highest BCUT2D eigenvalue weighted by Gasteiger charge is 2.47. The maximum Gasteiger partial charge on any atom is 0.501 e. The highest BCUT2D eigenvalue weighted by Crippen LogP contribution is 2.34. The smallest absolute Gasteiger partial charge is 0.321 e. The summed E-state index contributed by atoms with van der Waals surface area (Å²) in [4.78, 5) is 11.1. The maximum atomic E-state index is 12.6. The summed E-state index contributed by atoms with van der Waals surface area (Å²) in [6.07, 6.45) is 0. The van der Waals surface area contributed by atoms with Crippen molar-refractivity contribution in [3.05, 3.63) is 57.0 Å². The van der Waals surface area contributed by atoms with Gasteiger partial charge in [-0.2, -0.15) is 13.2 Å². The van der Waals surface area contributed by atoms with E-state index in [9.17, 15) is 26.4 Å². The summed E-state index contributed by atoms with van der Waals surface area (Å²) in [7, 11) is -5.58. The van der Waals surface area contributed by atoms with Gasteiger partial charge in [-0.05, 0) is 36.4 Å². The van der Waals surface area contributed by atoms with E-state index in [1.807, 2.05) is 0 Å². The van der Waals surface area contributed by atoms with Gasteiger partial charge in [-0.3, -0.25) is 4.79 Å². The highest BCUT2D eigenvalue weighted by molar-refractivity contribution is 7.92. The molecule has 0 aromatic heterocycles. The molecular weight excluding hydrogens is 426 g/mol. The van der Waals surface area contributed by atoms with E-state index < -0.39 is 26.1 Å². The van der Waals surface area contributed by atoms with Crippen molar-refractivity contribution in [3.63, 3.8) is 0 Å². The molecule has 0 radical (unpaired) electrons. The largest absolute Gasteiger partial charge is 0.501 e. The highest BCUT2D eigenvalue weighted by atomic mass is 35.5. The Kier molecular flexibility index (Phi) is 5.58. The topological polar surface area (TPSA) is 63.2 Å². The number of sulfone groups is 1. The molecule has 4 nitrogen and oxygen atoms in total. The van der Waals surface area contributed by atoms with E-state index in [0.717, 1.165) is 6.07 Å². The van der Waals surface area contributed by atoms with E-state index in [0.29, 0.717) is 12.1 Å². The van der Waals surface area contributed by atoms with Gasteiger partial charge in [0.2, 0.25) is 0 Å². The molecule has 0 bridgehead atoms. The van der Waals surface area contributed by atoms with Gasteiger partial charge in [-0.15, -0.1) is 0 Å². The standard InChI is InChI=1S/C14H7Cl3F3NO3S/c15-7-1-3-9(11(17)5-7)13(22)21-12-6-8(2-4-10(12)16)25(23,24)14(18,19)20/h1-6H,(H,21,22). The number of carbonyl (C=O) groups is 1. The zero-order valence-corrected chi connectivity index (χ0v) is 14.9. The first-order valence-corrected chi connectivity index (χ1v) is 8.92. The van der Waals surface area contributed by atoms with Gasteiger partial charge in [-0.25, -0.2) is 8.42 Å². The monoisotopic (exact) mass is 431 g/mol. The van der Waals surface area contributed by atoms with Crippen LogP contribution in [0.1, 0.15) is 10.4 Å². The van der Waals surface area contributed by atoms with Crippen LogP contribution in [-0.2, 0) is 9.84 Å². The molecule has 0 saturated carbocycles. The molecule has 0 fully saturated rings. The lowest BCUT2D eigenvalue weighted by Crippen LogP contribution is -2.23. The second-order valence-corrected chi connectivity index (χ2v) is 7.86. The van der Waals surface area contributed by atoms with Crippen molar-refractivity contribution in [3.8, 4) is 0 Å². The van der Waals surface area contributed by atoms with Crippen LogP contribution in [0.2, 0.25) is 15.1 Å². The van der Waals surface area contributed by atoms with Gasteiger partial charge in [0.05, 0.1) is 26.2 Å². The third kappa shape index (κ3) is 4.20. The summed E-state index contributed by atoms with van der Waals surface area (Å²) in [6, 6.07) is 6.21. The molecule has 1 amide bonds. The van der Waals surface area contributed by atoms with E-state index in [2.05, 4.69) is 5.32 Å². The summed E-state index contributed by atoms with van der Waals surface area (Å²) in [5, 5.41) is 2.34. The lowest BCUT2D eigenvalue weighted by atomic mass is 10.2. The Labute approximate surface area is 155 Å². The lowest BCUT2D eigenvalue weighted by molar-refractivity contribution is -0.0436. The first-order chi connectivity index (χ1) is 11.4. The Bertz CT molecular complexity index is 946. The molecule has 0 heterocycles. The van der Waals surface area contributed by atoms with E-state index in [-0.39, 0.29) is 26.3 Å². The number of anilines is 1. The Morgan fingerprint density at radius 2 is 1.60 bits per heavy atom. The van der Waals surface area contributed by atoms with Gasteiger partial charge >= 0.3 is 5.51 Å². The molecular formula is C14H7Cl3F3NO3S. The van der Waals surface area contributed by atoms with Crippen LogP contribution in [0.25, 0.3) is 0 Å². The van der Waals surface area contributed by atoms with Crippen LogP contribution in [0.4, 0.5) is 18.9 Å². The van der Waals surface area contributed by atoms with E-state index >= 15 is 0 Å². The molecule has 11 heteroatoms. The van der Waals surface area contributed by atoms with Crippen LogP contribution >= 0.6 is 34.8 Å². The number of hydrogen-bond donors (Lipinski definition) is 1. The van der Waals surface area contributed by atoms with Crippen molar-refractivity contribution < 1.29 is 26.4 Å². The van der Waals surface area contributed by atoms with Crippen molar-refractivity contribution in [1.82, 2.24) is 0 Å². The van der Waals surface area contributed by atoms with Crippen molar-refractivity contribution in [2.45, 2.75) is 10.4 Å². The quantitative estimate of drug-likeness (QED) is 0.726. The van der Waals surface area contributed by atoms with Crippen LogP contribution in [0.3, 0.4) is 0 Å². The van der Waals surface area contributed by atoms with Gasteiger partial charge in [-0.1, -0.05) is 34.8 Å². The fourth-order valence-electron chi connectivity index (χ4n) is 1.76.